The molecule has 0 unspecified atom stereocenters. The molecule has 2 aromatic rings. The van der Waals surface area contributed by atoms with E-state index >= 15 is 0 Å². The van der Waals surface area contributed by atoms with Crippen molar-refractivity contribution >= 4 is 22.0 Å². The maximum absolute atomic E-state index is 12.4. The van der Waals surface area contributed by atoms with Crippen LogP contribution in [0.1, 0.15) is 10.4 Å². The molecule has 0 aliphatic carbocycles. The van der Waals surface area contributed by atoms with Gasteiger partial charge < -0.3 is 9.47 Å². The molecular weight excluding hydrogens is 308 g/mol. The number of aromatic nitrogens is 1. The second-order valence-corrected chi connectivity index (χ2v) is 5.91. The van der Waals surface area contributed by atoms with Crippen molar-refractivity contribution in [3.8, 4) is 11.6 Å². The van der Waals surface area contributed by atoms with Gasteiger partial charge in [0.15, 0.2) is 6.29 Å². The molecule has 116 valence electrons. The maximum atomic E-state index is 12.4. The number of ether oxygens (including phenoxy) is 2. The van der Waals surface area contributed by atoms with E-state index in [1.165, 1.54) is 38.6 Å². The van der Waals surface area contributed by atoms with Gasteiger partial charge in [-0.2, -0.15) is 0 Å². The number of methoxy groups -OCH3 is 2. The van der Waals surface area contributed by atoms with Gasteiger partial charge in [-0.3, -0.25) is 9.52 Å². The molecule has 0 bridgehead atoms. The lowest BCUT2D eigenvalue weighted by molar-refractivity contribution is 0.112. The molecule has 0 amide bonds. The fourth-order valence-electron chi connectivity index (χ4n) is 1.74. The number of sulfonamides is 1. The normalized spacial score (nSPS) is 10.8. The third-order valence-corrected chi connectivity index (χ3v) is 4.16. The molecule has 1 aromatic heterocycles. The van der Waals surface area contributed by atoms with E-state index in [4.69, 9.17) is 9.47 Å². The predicted octanol–water partition coefficient (Wildman–Crippen LogP) is 1.71. The Balaban J connectivity index is 2.41. The van der Waals surface area contributed by atoms with Crippen LogP contribution in [-0.4, -0.2) is 33.9 Å². The fourth-order valence-corrected chi connectivity index (χ4v) is 2.82. The summed E-state index contributed by atoms with van der Waals surface area (Å²) in [5.74, 6) is 0.478. The summed E-state index contributed by atoms with van der Waals surface area (Å²) in [6, 6.07) is 7.34. The average Bonchev–Trinajstić information content (AvgIpc) is 2.54. The SMILES string of the molecule is COc1cccc(S(=O)(=O)Nc2cc(C=O)cnc2OC)c1. The van der Waals surface area contributed by atoms with Crippen molar-refractivity contribution in [2.24, 2.45) is 0 Å². The molecular formula is C14H14N2O5S. The summed E-state index contributed by atoms with van der Waals surface area (Å²) in [7, 11) is -1.07. The molecule has 0 radical (unpaired) electrons. The Labute approximate surface area is 128 Å². The lowest BCUT2D eigenvalue weighted by Crippen LogP contribution is -2.14. The smallest absolute Gasteiger partial charge is 0.262 e. The zero-order valence-corrected chi connectivity index (χ0v) is 12.8. The number of carbonyl (C=O) groups is 1. The van der Waals surface area contributed by atoms with Gasteiger partial charge in [0.2, 0.25) is 5.88 Å². The average molecular weight is 322 g/mol. The van der Waals surface area contributed by atoms with E-state index < -0.39 is 10.0 Å². The molecule has 0 saturated heterocycles. The van der Waals surface area contributed by atoms with E-state index in [0.29, 0.717) is 12.0 Å². The number of nitrogens with zero attached hydrogens (tertiary/aromatic N) is 1. The van der Waals surface area contributed by atoms with Crippen LogP contribution in [0.3, 0.4) is 0 Å². The van der Waals surface area contributed by atoms with E-state index in [2.05, 4.69) is 9.71 Å². The third kappa shape index (κ3) is 3.34. The Morgan fingerprint density at radius 1 is 1.18 bits per heavy atom. The highest BCUT2D eigenvalue weighted by Gasteiger charge is 2.18. The van der Waals surface area contributed by atoms with E-state index in [0.717, 1.165) is 0 Å². The molecule has 0 atom stereocenters. The van der Waals surface area contributed by atoms with Gasteiger partial charge in [0.25, 0.3) is 10.0 Å². The number of anilines is 1. The molecule has 7 nitrogen and oxygen atoms in total. The summed E-state index contributed by atoms with van der Waals surface area (Å²) < 4.78 is 37.1. The van der Waals surface area contributed by atoms with Crippen LogP contribution in [0.5, 0.6) is 11.6 Å². The minimum Gasteiger partial charge on any atom is -0.497 e. The third-order valence-electron chi connectivity index (χ3n) is 2.80. The Morgan fingerprint density at radius 3 is 2.59 bits per heavy atom. The van der Waals surface area contributed by atoms with Crippen LogP contribution in [0.4, 0.5) is 5.69 Å². The largest absolute Gasteiger partial charge is 0.497 e. The van der Waals surface area contributed by atoms with Gasteiger partial charge >= 0.3 is 0 Å². The van der Waals surface area contributed by atoms with Gasteiger partial charge in [0.1, 0.15) is 11.4 Å². The number of aldehydes is 1. The molecule has 0 saturated carbocycles. The molecule has 0 aliphatic rings. The predicted molar refractivity (Wildman–Crippen MR) is 80.0 cm³/mol. The highest BCUT2D eigenvalue weighted by Crippen LogP contribution is 2.26. The number of nitrogens with one attached hydrogen (secondary N) is 1. The highest BCUT2D eigenvalue weighted by atomic mass is 32.2. The lowest BCUT2D eigenvalue weighted by Gasteiger charge is -2.12. The monoisotopic (exact) mass is 322 g/mol. The number of rotatable bonds is 6. The zero-order chi connectivity index (χ0) is 16.2. The molecule has 1 N–H and O–H groups in total. The minimum atomic E-state index is -3.87. The molecule has 0 spiro atoms. The topological polar surface area (TPSA) is 94.6 Å². The van der Waals surface area contributed by atoms with Crippen molar-refractivity contribution in [2.75, 3.05) is 18.9 Å². The first-order valence-corrected chi connectivity index (χ1v) is 7.64. The van der Waals surface area contributed by atoms with E-state index in [1.807, 2.05) is 0 Å². The van der Waals surface area contributed by atoms with Gasteiger partial charge in [0, 0.05) is 17.8 Å². The summed E-state index contributed by atoms with van der Waals surface area (Å²) >= 11 is 0. The van der Waals surface area contributed by atoms with Crippen molar-refractivity contribution in [3.63, 3.8) is 0 Å². The van der Waals surface area contributed by atoms with E-state index in [-0.39, 0.29) is 22.0 Å². The number of hydrogen-bond acceptors (Lipinski definition) is 6. The van der Waals surface area contributed by atoms with Crippen LogP contribution >= 0.6 is 0 Å². The van der Waals surface area contributed by atoms with Crippen LogP contribution < -0.4 is 14.2 Å². The minimum absolute atomic E-state index is 0.0189. The van der Waals surface area contributed by atoms with Gasteiger partial charge in [-0.15, -0.1) is 0 Å². The standard InChI is InChI=1S/C14H14N2O5S/c1-20-11-4-3-5-12(7-11)22(18,19)16-13-6-10(9-17)8-15-14(13)21-2/h3-9,16H,1-2H3. The quantitative estimate of drug-likeness (QED) is 0.814. The number of carbonyl (C=O) groups excluding carboxylic acids is 1. The van der Waals surface area contributed by atoms with Crippen LogP contribution in [0.2, 0.25) is 0 Å². The van der Waals surface area contributed by atoms with Gasteiger partial charge in [-0.25, -0.2) is 13.4 Å². The summed E-state index contributed by atoms with van der Waals surface area (Å²) in [5.41, 5.74) is 0.305. The Hall–Kier alpha value is -2.61. The van der Waals surface area contributed by atoms with Crippen LogP contribution in [0.15, 0.2) is 41.4 Å². The molecule has 0 fully saturated rings. The van der Waals surface area contributed by atoms with E-state index in [9.17, 15) is 13.2 Å². The second kappa shape index (κ2) is 6.44. The summed E-state index contributed by atoms with van der Waals surface area (Å²) in [4.78, 5) is 14.7. The second-order valence-electron chi connectivity index (χ2n) is 4.23. The summed E-state index contributed by atoms with van der Waals surface area (Å²) in [6.07, 6.45) is 1.85. The van der Waals surface area contributed by atoms with Gasteiger partial charge in [0.05, 0.1) is 19.1 Å². The Bertz CT molecular complexity index is 790. The highest BCUT2D eigenvalue weighted by molar-refractivity contribution is 7.92. The van der Waals surface area contributed by atoms with Gasteiger partial charge in [-0.05, 0) is 18.2 Å². The Morgan fingerprint density at radius 2 is 1.95 bits per heavy atom. The van der Waals surface area contributed by atoms with Gasteiger partial charge in [-0.1, -0.05) is 6.07 Å². The fraction of sp³-hybridized carbons (Fsp3) is 0.143. The molecule has 1 aromatic carbocycles. The van der Waals surface area contributed by atoms with Crippen LogP contribution in [0.25, 0.3) is 0 Å². The number of hydrogen-bond donors (Lipinski definition) is 1. The molecule has 1 heterocycles. The van der Waals surface area contributed by atoms with Crippen molar-refractivity contribution in [1.29, 1.82) is 0 Å². The first kappa shape index (κ1) is 15.8. The molecule has 2 rings (SSSR count). The van der Waals surface area contributed by atoms with Crippen molar-refractivity contribution < 1.29 is 22.7 Å². The van der Waals surface area contributed by atoms with Crippen LogP contribution in [0, 0.1) is 0 Å². The molecule has 8 heteroatoms. The maximum Gasteiger partial charge on any atom is 0.262 e. The first-order valence-electron chi connectivity index (χ1n) is 6.16. The Kier molecular flexibility index (Phi) is 4.62. The van der Waals surface area contributed by atoms with Crippen molar-refractivity contribution in [2.45, 2.75) is 4.90 Å². The number of benzene rings is 1. The molecule has 0 aliphatic heterocycles. The lowest BCUT2D eigenvalue weighted by atomic mass is 10.3. The molecule has 22 heavy (non-hydrogen) atoms. The first-order chi connectivity index (χ1) is 10.5. The van der Waals surface area contributed by atoms with Crippen molar-refractivity contribution in [3.05, 3.63) is 42.1 Å². The van der Waals surface area contributed by atoms with Crippen molar-refractivity contribution in [1.82, 2.24) is 4.98 Å². The summed E-state index contributed by atoms with van der Waals surface area (Å²) in [6.45, 7) is 0. The number of pyridine rings is 1. The van der Waals surface area contributed by atoms with E-state index in [1.54, 1.807) is 12.1 Å². The zero-order valence-electron chi connectivity index (χ0n) is 11.9. The summed E-state index contributed by atoms with van der Waals surface area (Å²) in [5, 5.41) is 0. The van der Waals surface area contributed by atoms with Crippen LogP contribution in [-0.2, 0) is 10.0 Å².